The molecule has 5 atom stereocenters. The zero-order valence-corrected chi connectivity index (χ0v) is 31.2. The summed E-state index contributed by atoms with van der Waals surface area (Å²) in [6.07, 6.45) is 4.95. The fourth-order valence-corrected chi connectivity index (χ4v) is 9.98. The average molecular weight is 789 g/mol. The van der Waals surface area contributed by atoms with Crippen molar-refractivity contribution in [1.82, 2.24) is 15.6 Å². The van der Waals surface area contributed by atoms with E-state index < -0.39 is 62.8 Å². The molecule has 1 aromatic heterocycles. The van der Waals surface area contributed by atoms with E-state index in [1.54, 1.807) is 30.3 Å². The topological polar surface area (TPSA) is 190 Å². The second-order valence-corrected chi connectivity index (χ2v) is 17.3. The van der Waals surface area contributed by atoms with Crippen LogP contribution in [0.3, 0.4) is 0 Å². The van der Waals surface area contributed by atoms with Gasteiger partial charge in [0.15, 0.2) is 11.0 Å². The van der Waals surface area contributed by atoms with Gasteiger partial charge in [-0.2, -0.15) is 8.42 Å². The Kier molecular flexibility index (Phi) is 9.86. The molecule has 282 valence electrons. The van der Waals surface area contributed by atoms with Crippen LogP contribution in [-0.4, -0.2) is 66.0 Å². The Morgan fingerprint density at radius 3 is 2.45 bits per heavy atom. The summed E-state index contributed by atoms with van der Waals surface area (Å²) in [5, 5.41) is 9.72. The lowest BCUT2D eigenvalue weighted by Gasteiger charge is -2.51. The number of anilines is 1. The number of amides is 3. The van der Waals surface area contributed by atoms with Crippen LogP contribution in [0.15, 0.2) is 59.6 Å². The van der Waals surface area contributed by atoms with E-state index in [2.05, 4.69) is 27.9 Å². The zero-order valence-electron chi connectivity index (χ0n) is 28.8. The van der Waals surface area contributed by atoms with Gasteiger partial charge < -0.3 is 21.1 Å². The van der Waals surface area contributed by atoms with E-state index in [1.807, 2.05) is 0 Å². The minimum atomic E-state index is -4.31. The first kappa shape index (κ1) is 37.6. The van der Waals surface area contributed by atoms with Crippen molar-refractivity contribution in [2.75, 3.05) is 11.9 Å². The van der Waals surface area contributed by atoms with Crippen LogP contribution in [0.4, 0.5) is 10.1 Å². The van der Waals surface area contributed by atoms with Crippen LogP contribution in [0.2, 0.25) is 10.2 Å². The number of benzene rings is 2. The number of nitrogens with one attached hydrogen (secondary N) is 3. The predicted octanol–water partition coefficient (Wildman–Crippen LogP) is 4.82. The van der Waals surface area contributed by atoms with Crippen molar-refractivity contribution in [3.8, 4) is 0 Å². The molecule has 1 saturated carbocycles. The number of ether oxygens (including phenoxy) is 1. The predicted molar refractivity (Wildman–Crippen MR) is 195 cm³/mol. The molecule has 4 heterocycles. The molecule has 1 aliphatic carbocycles. The zero-order chi connectivity index (χ0) is 37.9. The lowest BCUT2D eigenvalue weighted by Crippen LogP contribution is -2.61. The van der Waals surface area contributed by atoms with E-state index in [1.165, 1.54) is 24.4 Å². The molecule has 16 heteroatoms. The number of nitrogens with zero attached hydrogens (tertiary/aromatic N) is 1. The first-order valence-electron chi connectivity index (χ1n) is 17.5. The van der Waals surface area contributed by atoms with Crippen molar-refractivity contribution < 1.29 is 36.5 Å². The number of pyridine rings is 1. The van der Waals surface area contributed by atoms with Crippen molar-refractivity contribution in [1.29, 1.82) is 0 Å². The summed E-state index contributed by atoms with van der Waals surface area (Å²) in [7, 11) is -4.31. The Bertz CT molecular complexity index is 2070. The molecule has 7 rings (SSSR count). The number of primary amides is 1. The Balaban J connectivity index is 1.26. The average Bonchev–Trinajstić information content (AvgIpc) is 3.58. The highest BCUT2D eigenvalue weighted by atomic mass is 35.5. The number of fused-ring (bicyclic) bond motifs is 3. The van der Waals surface area contributed by atoms with Crippen LogP contribution in [-0.2, 0) is 41.1 Å². The van der Waals surface area contributed by atoms with E-state index in [4.69, 9.17) is 33.7 Å². The normalized spacial score (nSPS) is 31.0. The summed E-state index contributed by atoms with van der Waals surface area (Å²) in [6.45, 7) is 2.23. The summed E-state index contributed by atoms with van der Waals surface area (Å²) in [5.41, 5.74) is 4.78. The van der Waals surface area contributed by atoms with Gasteiger partial charge in [-0.15, -0.1) is 0 Å². The van der Waals surface area contributed by atoms with Crippen LogP contribution in [0.25, 0.3) is 0 Å². The summed E-state index contributed by atoms with van der Waals surface area (Å²) in [4.78, 5) is 44.8. The molecule has 3 amide bonds. The first-order valence-corrected chi connectivity index (χ1v) is 19.7. The molecular weight excluding hydrogens is 748 g/mol. The standard InChI is InChI=1S/C37H40Cl2FN5O7S/c1-35(12-10-20-2-6-23(7-3-20)53(49,50)51)13-15-36(16-14-35)37(25-8-4-21(38)18-26(25)44-34(37)48)28(24-11-17-42-31(39)29(24)40)30(45-36)33(47)43-22-5-9-27(32(41)46)52-19-22/h2-4,6-8,11,17-18,22,27-28,30,45H,5,9-10,12-16,19H2,1H3,(H2,41,46)(H,43,47)(H,44,48)(H,49,50,51)/t22-,27+,28+,30-,35?,36?,37-/m1/s1. The minimum absolute atomic E-state index is 0.0567. The second-order valence-electron chi connectivity index (χ2n) is 15.1. The molecule has 0 unspecified atom stereocenters. The maximum Gasteiger partial charge on any atom is 0.294 e. The van der Waals surface area contributed by atoms with Gasteiger partial charge in [0, 0.05) is 28.4 Å². The number of hydrogen-bond acceptors (Lipinski definition) is 8. The Morgan fingerprint density at radius 2 is 1.81 bits per heavy atom. The van der Waals surface area contributed by atoms with Gasteiger partial charge in [0.2, 0.25) is 17.7 Å². The number of nitrogens with two attached hydrogens (primary N) is 1. The van der Waals surface area contributed by atoms with E-state index >= 15 is 4.39 Å². The lowest BCUT2D eigenvalue weighted by atomic mass is 9.52. The SMILES string of the molecule is CC1(CCc2ccc(S(=O)(=O)O)cc2)CCC2(CC1)N[C@@H](C(=O)N[C@@H]1CC[C@@H](C(N)=O)OC1)[C@H](c1ccnc(Cl)c1F)[C@]21C(=O)Nc2cc(Cl)ccc21. The van der Waals surface area contributed by atoms with Gasteiger partial charge in [-0.25, -0.2) is 9.37 Å². The van der Waals surface area contributed by atoms with Gasteiger partial charge in [-0.3, -0.25) is 24.3 Å². The number of carbonyl (C=O) groups excluding carboxylic acids is 3. The van der Waals surface area contributed by atoms with Gasteiger partial charge in [0.25, 0.3) is 10.1 Å². The van der Waals surface area contributed by atoms with Crippen LogP contribution >= 0.6 is 23.2 Å². The molecule has 2 saturated heterocycles. The van der Waals surface area contributed by atoms with Crippen molar-refractivity contribution in [2.24, 2.45) is 11.1 Å². The quantitative estimate of drug-likeness (QED) is 0.158. The number of hydrogen-bond donors (Lipinski definition) is 5. The molecular formula is C37H40Cl2FN5O7S. The van der Waals surface area contributed by atoms with Gasteiger partial charge in [-0.05, 0) is 104 Å². The summed E-state index contributed by atoms with van der Waals surface area (Å²) in [6, 6.07) is 11.2. The largest absolute Gasteiger partial charge is 0.367 e. The fraction of sp³-hybridized carbons (Fsp3) is 0.459. The van der Waals surface area contributed by atoms with E-state index in [0.717, 1.165) is 12.0 Å². The van der Waals surface area contributed by atoms with Crippen molar-refractivity contribution in [3.05, 3.63) is 87.4 Å². The number of aromatic nitrogens is 1. The smallest absolute Gasteiger partial charge is 0.294 e. The molecule has 0 bridgehead atoms. The van der Waals surface area contributed by atoms with Crippen LogP contribution < -0.4 is 21.7 Å². The van der Waals surface area contributed by atoms with Crippen molar-refractivity contribution >= 4 is 56.7 Å². The Hall–Kier alpha value is -3.66. The molecule has 2 spiro atoms. The molecule has 2 aromatic carbocycles. The highest BCUT2D eigenvalue weighted by Crippen LogP contribution is 2.64. The van der Waals surface area contributed by atoms with Crippen molar-refractivity contribution in [3.63, 3.8) is 0 Å². The monoisotopic (exact) mass is 787 g/mol. The third-order valence-electron chi connectivity index (χ3n) is 12.0. The highest BCUT2D eigenvalue weighted by Gasteiger charge is 2.73. The molecule has 3 fully saturated rings. The van der Waals surface area contributed by atoms with Gasteiger partial charge in [-0.1, -0.05) is 48.3 Å². The molecule has 3 aromatic rings. The second kappa shape index (κ2) is 13.9. The Morgan fingerprint density at radius 1 is 1.09 bits per heavy atom. The number of halogens is 3. The van der Waals surface area contributed by atoms with E-state index in [9.17, 15) is 27.4 Å². The first-order chi connectivity index (χ1) is 25.1. The number of rotatable bonds is 8. The van der Waals surface area contributed by atoms with Crippen LogP contribution in [0, 0.1) is 11.2 Å². The molecule has 0 radical (unpaired) electrons. The van der Waals surface area contributed by atoms with Crippen LogP contribution in [0.5, 0.6) is 0 Å². The maximum atomic E-state index is 16.3. The van der Waals surface area contributed by atoms with Crippen molar-refractivity contribution in [2.45, 2.75) is 98.2 Å². The highest BCUT2D eigenvalue weighted by molar-refractivity contribution is 7.85. The molecule has 6 N–H and O–H groups in total. The number of carbonyl (C=O) groups is 3. The fourth-order valence-electron chi connectivity index (χ4n) is 9.16. The molecule has 53 heavy (non-hydrogen) atoms. The van der Waals surface area contributed by atoms with Gasteiger partial charge >= 0.3 is 0 Å². The van der Waals surface area contributed by atoms with Gasteiger partial charge in [0.1, 0.15) is 11.5 Å². The third-order valence-corrected chi connectivity index (χ3v) is 13.3. The van der Waals surface area contributed by atoms with E-state index in [-0.39, 0.29) is 33.5 Å². The summed E-state index contributed by atoms with van der Waals surface area (Å²) < 4.78 is 54.4. The summed E-state index contributed by atoms with van der Waals surface area (Å²) >= 11 is 12.7. The molecule has 12 nitrogen and oxygen atoms in total. The Labute approximate surface area is 316 Å². The minimum Gasteiger partial charge on any atom is -0.367 e. The van der Waals surface area contributed by atoms with E-state index in [0.29, 0.717) is 61.2 Å². The maximum absolute atomic E-state index is 16.3. The lowest BCUT2D eigenvalue weighted by molar-refractivity contribution is -0.134. The van der Waals surface area contributed by atoms with Gasteiger partial charge in [0.05, 0.1) is 23.6 Å². The molecule has 3 aliphatic heterocycles. The number of aryl methyl sites for hydroxylation is 1. The molecule has 4 aliphatic rings. The summed E-state index contributed by atoms with van der Waals surface area (Å²) in [5.74, 6) is -3.31. The van der Waals surface area contributed by atoms with Crippen LogP contribution in [0.1, 0.15) is 74.5 Å². The third kappa shape index (κ3) is 6.61.